The van der Waals surface area contributed by atoms with Gasteiger partial charge in [-0.3, -0.25) is 4.79 Å². The van der Waals surface area contributed by atoms with Gasteiger partial charge in [0, 0.05) is 12.2 Å². The predicted molar refractivity (Wildman–Crippen MR) is 63.0 cm³/mol. The molecule has 0 atom stereocenters. The van der Waals surface area contributed by atoms with Crippen molar-refractivity contribution in [2.24, 2.45) is 5.73 Å². The Morgan fingerprint density at radius 1 is 1.56 bits per heavy atom. The topological polar surface area (TPSA) is 95.6 Å². The Hall–Kier alpha value is -1.63. The number of nitrogens with two attached hydrogens (primary N) is 1. The van der Waals surface area contributed by atoms with Crippen LogP contribution in [0, 0.1) is 0 Å². The Kier molecular flexibility index (Phi) is 4.24. The quantitative estimate of drug-likeness (QED) is 0.384. The summed E-state index contributed by atoms with van der Waals surface area (Å²) < 4.78 is 0. The zero-order valence-corrected chi connectivity index (χ0v) is 8.68. The van der Waals surface area contributed by atoms with Crippen LogP contribution in [0.2, 0.25) is 0 Å². The minimum Gasteiger partial charge on any atom is -0.423 e. The van der Waals surface area contributed by atoms with E-state index < -0.39 is 7.12 Å². The first-order chi connectivity index (χ1) is 7.58. The molecule has 16 heavy (non-hydrogen) atoms. The monoisotopic (exact) mass is 220 g/mol. The van der Waals surface area contributed by atoms with Crippen LogP contribution in [0.25, 0.3) is 0 Å². The van der Waals surface area contributed by atoms with Crippen molar-refractivity contribution in [2.75, 3.05) is 5.32 Å². The van der Waals surface area contributed by atoms with Gasteiger partial charge < -0.3 is 21.1 Å². The minimum absolute atomic E-state index is 0.197. The molecule has 0 bridgehead atoms. The molecule has 5 nitrogen and oxygen atoms in total. The summed E-state index contributed by atoms with van der Waals surface area (Å²) >= 11 is 0. The van der Waals surface area contributed by atoms with Gasteiger partial charge in [-0.15, -0.1) is 0 Å². The number of amides is 1. The van der Waals surface area contributed by atoms with E-state index >= 15 is 0 Å². The Labute approximate surface area is 93.7 Å². The summed E-state index contributed by atoms with van der Waals surface area (Å²) in [6.07, 6.45) is 1.13. The molecule has 84 valence electrons. The third-order valence-electron chi connectivity index (χ3n) is 2.10. The molecular weight excluding hydrogens is 207 g/mol. The fourth-order valence-corrected chi connectivity index (χ4v) is 1.29. The Morgan fingerprint density at radius 3 is 2.75 bits per heavy atom. The summed E-state index contributed by atoms with van der Waals surface area (Å²) in [7, 11) is -1.61. The van der Waals surface area contributed by atoms with E-state index in [2.05, 4.69) is 11.9 Å². The fourth-order valence-electron chi connectivity index (χ4n) is 1.29. The van der Waals surface area contributed by atoms with Crippen molar-refractivity contribution in [3.8, 4) is 0 Å². The van der Waals surface area contributed by atoms with Crippen molar-refractivity contribution in [3.63, 3.8) is 0 Å². The van der Waals surface area contributed by atoms with E-state index in [1.165, 1.54) is 6.07 Å². The highest BCUT2D eigenvalue weighted by atomic mass is 16.4. The average Bonchev–Trinajstić information content (AvgIpc) is 2.28. The summed E-state index contributed by atoms with van der Waals surface area (Å²) in [5, 5.41) is 20.8. The van der Waals surface area contributed by atoms with Gasteiger partial charge in [-0.05, 0) is 29.2 Å². The van der Waals surface area contributed by atoms with Crippen molar-refractivity contribution in [1.29, 1.82) is 0 Å². The molecule has 1 aromatic carbocycles. The van der Waals surface area contributed by atoms with Gasteiger partial charge in [-0.2, -0.15) is 0 Å². The summed E-state index contributed by atoms with van der Waals surface area (Å²) in [5.41, 5.74) is 6.80. The van der Waals surface area contributed by atoms with Gasteiger partial charge in [0.15, 0.2) is 0 Å². The van der Waals surface area contributed by atoms with Gasteiger partial charge in [0.1, 0.15) is 0 Å². The maximum absolute atomic E-state index is 11.0. The lowest BCUT2D eigenvalue weighted by atomic mass is 9.76. The molecular formula is C10H13BN2O3. The van der Waals surface area contributed by atoms with Gasteiger partial charge in [0.05, 0.1) is 0 Å². The zero-order chi connectivity index (χ0) is 12.1. The zero-order valence-electron chi connectivity index (χ0n) is 8.68. The number of carbonyl (C=O) groups is 1. The second kappa shape index (κ2) is 5.46. The number of anilines is 1. The number of nitrogens with one attached hydrogen (secondary N) is 1. The largest absolute Gasteiger partial charge is 0.488 e. The lowest BCUT2D eigenvalue weighted by Crippen LogP contribution is -2.34. The molecule has 1 rings (SSSR count). The highest BCUT2D eigenvalue weighted by molar-refractivity contribution is 6.59. The molecule has 0 heterocycles. The number of hydrogen-bond acceptors (Lipinski definition) is 4. The van der Waals surface area contributed by atoms with Crippen molar-refractivity contribution in [3.05, 3.63) is 36.4 Å². The van der Waals surface area contributed by atoms with E-state index in [0.29, 0.717) is 11.3 Å². The van der Waals surface area contributed by atoms with Crippen LogP contribution < -0.4 is 16.5 Å². The van der Waals surface area contributed by atoms with E-state index in [4.69, 9.17) is 15.8 Å². The van der Waals surface area contributed by atoms with Crippen LogP contribution >= 0.6 is 0 Å². The molecule has 0 aromatic heterocycles. The van der Waals surface area contributed by atoms with Crippen LogP contribution in [-0.2, 0) is 11.3 Å². The van der Waals surface area contributed by atoms with E-state index in [9.17, 15) is 4.79 Å². The number of benzene rings is 1. The maximum Gasteiger partial charge on any atom is 0.488 e. The lowest BCUT2D eigenvalue weighted by Gasteiger charge is -2.09. The van der Waals surface area contributed by atoms with Crippen molar-refractivity contribution >= 4 is 24.2 Å². The number of rotatable bonds is 4. The Morgan fingerprint density at radius 2 is 2.25 bits per heavy atom. The van der Waals surface area contributed by atoms with Crippen LogP contribution in [0.1, 0.15) is 5.56 Å². The number of hydrogen-bond donors (Lipinski definition) is 4. The predicted octanol–water partition coefficient (Wildman–Crippen LogP) is -1.05. The molecule has 0 fully saturated rings. The van der Waals surface area contributed by atoms with E-state index in [-0.39, 0.29) is 17.9 Å². The van der Waals surface area contributed by atoms with Gasteiger partial charge in [0.2, 0.25) is 5.91 Å². The molecule has 0 saturated carbocycles. The third-order valence-corrected chi connectivity index (χ3v) is 2.10. The summed E-state index contributed by atoms with van der Waals surface area (Å²) in [4.78, 5) is 11.0. The van der Waals surface area contributed by atoms with Crippen LogP contribution in [0.4, 0.5) is 5.69 Å². The van der Waals surface area contributed by atoms with E-state index in [1.807, 2.05) is 0 Å². The fraction of sp³-hybridized carbons (Fsp3) is 0.100. The molecule has 0 radical (unpaired) electrons. The molecule has 0 unspecified atom stereocenters. The molecule has 5 N–H and O–H groups in total. The average molecular weight is 220 g/mol. The number of carbonyl (C=O) groups excluding carboxylic acids is 1. The smallest absolute Gasteiger partial charge is 0.423 e. The van der Waals surface area contributed by atoms with Gasteiger partial charge >= 0.3 is 7.12 Å². The van der Waals surface area contributed by atoms with E-state index in [1.54, 1.807) is 12.1 Å². The molecule has 0 aliphatic rings. The van der Waals surface area contributed by atoms with Gasteiger partial charge in [0.25, 0.3) is 0 Å². The molecule has 0 spiro atoms. The van der Waals surface area contributed by atoms with Crippen LogP contribution in [0.15, 0.2) is 30.9 Å². The van der Waals surface area contributed by atoms with Gasteiger partial charge in [-0.1, -0.05) is 12.6 Å². The van der Waals surface area contributed by atoms with Crippen molar-refractivity contribution < 1.29 is 14.8 Å². The summed E-state index contributed by atoms with van der Waals surface area (Å²) in [6, 6.07) is 4.73. The Balaban J connectivity index is 3.02. The maximum atomic E-state index is 11.0. The van der Waals surface area contributed by atoms with Crippen molar-refractivity contribution in [2.45, 2.75) is 6.54 Å². The highest BCUT2D eigenvalue weighted by Crippen LogP contribution is 2.08. The normalized spacial score (nSPS) is 9.69. The lowest BCUT2D eigenvalue weighted by molar-refractivity contribution is -0.111. The first kappa shape index (κ1) is 12.4. The highest BCUT2D eigenvalue weighted by Gasteiger charge is 2.16. The van der Waals surface area contributed by atoms with Gasteiger partial charge in [-0.25, -0.2) is 0 Å². The summed E-state index contributed by atoms with van der Waals surface area (Å²) in [6.45, 7) is 3.51. The molecule has 1 aromatic rings. The van der Waals surface area contributed by atoms with Crippen LogP contribution in [0.3, 0.4) is 0 Å². The molecule has 0 aliphatic heterocycles. The van der Waals surface area contributed by atoms with Crippen LogP contribution in [0.5, 0.6) is 0 Å². The molecule has 0 saturated heterocycles. The SMILES string of the molecule is C=CC(=O)Nc1ccc(CN)c(B(O)O)c1. The first-order valence-corrected chi connectivity index (χ1v) is 4.71. The van der Waals surface area contributed by atoms with Crippen molar-refractivity contribution in [1.82, 2.24) is 0 Å². The molecule has 6 heteroatoms. The summed E-state index contributed by atoms with van der Waals surface area (Å²) in [5.74, 6) is -0.362. The Bertz CT molecular complexity index is 407. The third kappa shape index (κ3) is 2.93. The molecule has 0 aliphatic carbocycles. The first-order valence-electron chi connectivity index (χ1n) is 4.71. The van der Waals surface area contributed by atoms with Crippen LogP contribution in [-0.4, -0.2) is 23.1 Å². The second-order valence-electron chi connectivity index (χ2n) is 3.18. The minimum atomic E-state index is -1.61. The standard InChI is InChI=1S/C10H13BN2O3/c1-2-10(14)13-8-4-3-7(6-12)9(5-8)11(15)16/h2-5,15-16H,1,6,12H2,(H,13,14). The molecule has 1 amide bonds. The second-order valence-corrected chi connectivity index (χ2v) is 3.18. The van der Waals surface area contributed by atoms with E-state index in [0.717, 1.165) is 6.08 Å².